The highest BCUT2D eigenvalue weighted by molar-refractivity contribution is 6.30. The van der Waals surface area contributed by atoms with Gasteiger partial charge in [-0.05, 0) is 50.4 Å². The second-order valence-corrected chi connectivity index (χ2v) is 6.54. The molecule has 0 radical (unpaired) electrons. The van der Waals surface area contributed by atoms with Crippen molar-refractivity contribution in [3.8, 4) is 5.75 Å². The smallest absolute Gasteiger partial charge is 0.120 e. The van der Waals surface area contributed by atoms with E-state index in [9.17, 15) is 5.11 Å². The first-order valence-electron chi connectivity index (χ1n) is 7.63. The van der Waals surface area contributed by atoms with Gasteiger partial charge in [0.25, 0.3) is 0 Å². The Morgan fingerprint density at radius 3 is 2.65 bits per heavy atom. The van der Waals surface area contributed by atoms with Crippen LogP contribution in [-0.4, -0.2) is 34.7 Å². The Hall–Kier alpha value is -0.770. The second kappa shape index (κ2) is 5.92. The van der Waals surface area contributed by atoms with E-state index in [0.29, 0.717) is 28.9 Å². The van der Waals surface area contributed by atoms with Crippen LogP contribution < -0.4 is 5.32 Å². The first-order chi connectivity index (χ1) is 9.65. The predicted octanol–water partition coefficient (Wildman–Crippen LogP) is 3.15. The average Bonchev–Trinajstić information content (AvgIpc) is 2.78. The molecule has 2 aliphatic heterocycles. The largest absolute Gasteiger partial charge is 0.508 e. The molecule has 2 aliphatic rings. The third-order valence-corrected chi connectivity index (χ3v) is 5.02. The van der Waals surface area contributed by atoms with Gasteiger partial charge in [0.1, 0.15) is 5.75 Å². The van der Waals surface area contributed by atoms with Crippen molar-refractivity contribution in [1.29, 1.82) is 0 Å². The normalized spacial score (nSPS) is 29.1. The number of phenolic OH excluding ortho intramolecular Hbond substituents is 1. The van der Waals surface area contributed by atoms with Crippen molar-refractivity contribution < 1.29 is 5.11 Å². The monoisotopic (exact) mass is 294 g/mol. The summed E-state index contributed by atoms with van der Waals surface area (Å²) in [5.74, 6) is 0.352. The first kappa shape index (κ1) is 14.2. The lowest BCUT2D eigenvalue weighted by Crippen LogP contribution is -2.47. The number of nitrogens with one attached hydrogen (secondary N) is 1. The number of fused-ring (bicyclic) bond motifs is 2. The molecule has 3 rings (SSSR count). The summed E-state index contributed by atoms with van der Waals surface area (Å²) in [5.41, 5.74) is 0.935. The zero-order chi connectivity index (χ0) is 14.1. The molecular weight excluding hydrogens is 272 g/mol. The molecule has 1 aromatic rings. The summed E-state index contributed by atoms with van der Waals surface area (Å²) >= 11 is 6.05. The summed E-state index contributed by atoms with van der Waals surface area (Å²) in [6.45, 7) is 3.99. The number of nitrogens with zero attached hydrogens (tertiary/aromatic N) is 1. The highest BCUT2D eigenvalue weighted by Gasteiger charge is 2.35. The van der Waals surface area contributed by atoms with Gasteiger partial charge in [-0.15, -0.1) is 0 Å². The van der Waals surface area contributed by atoms with Crippen LogP contribution in [0.15, 0.2) is 18.2 Å². The van der Waals surface area contributed by atoms with Gasteiger partial charge in [-0.3, -0.25) is 4.90 Å². The highest BCUT2D eigenvalue weighted by Crippen LogP contribution is 2.31. The molecule has 4 heteroatoms. The first-order valence-corrected chi connectivity index (χ1v) is 8.01. The fourth-order valence-electron chi connectivity index (χ4n) is 3.72. The lowest BCUT2D eigenvalue weighted by atomic mass is 9.97. The van der Waals surface area contributed by atoms with Crippen molar-refractivity contribution in [2.24, 2.45) is 0 Å². The Labute approximate surface area is 125 Å². The number of hydrogen-bond acceptors (Lipinski definition) is 3. The fraction of sp³-hybridized carbons (Fsp3) is 0.625. The van der Waals surface area contributed by atoms with Crippen LogP contribution in [0.1, 0.15) is 38.2 Å². The summed E-state index contributed by atoms with van der Waals surface area (Å²) < 4.78 is 0. The molecule has 2 atom stereocenters. The van der Waals surface area contributed by atoms with E-state index in [1.807, 2.05) is 6.07 Å². The molecule has 0 amide bonds. The molecule has 2 N–H and O–H groups in total. The van der Waals surface area contributed by atoms with Crippen LogP contribution in [0.2, 0.25) is 5.02 Å². The van der Waals surface area contributed by atoms with E-state index in [1.165, 1.54) is 25.7 Å². The zero-order valence-electron chi connectivity index (χ0n) is 12.0. The maximum absolute atomic E-state index is 10.00. The minimum Gasteiger partial charge on any atom is -0.508 e. The Kier molecular flexibility index (Phi) is 4.20. The molecule has 0 aliphatic carbocycles. The van der Waals surface area contributed by atoms with Crippen molar-refractivity contribution in [3.05, 3.63) is 28.8 Å². The van der Waals surface area contributed by atoms with Crippen LogP contribution in [0.5, 0.6) is 5.75 Å². The molecule has 1 aromatic carbocycles. The molecule has 2 saturated heterocycles. The quantitative estimate of drug-likeness (QED) is 0.895. The summed E-state index contributed by atoms with van der Waals surface area (Å²) in [7, 11) is 0. The molecule has 2 heterocycles. The van der Waals surface area contributed by atoms with Crippen molar-refractivity contribution in [2.75, 3.05) is 6.54 Å². The number of halogens is 1. The topological polar surface area (TPSA) is 35.5 Å². The Morgan fingerprint density at radius 2 is 2.00 bits per heavy atom. The molecule has 2 bridgehead atoms. The van der Waals surface area contributed by atoms with Crippen LogP contribution in [0, 0.1) is 0 Å². The van der Waals surface area contributed by atoms with E-state index < -0.39 is 0 Å². The molecule has 0 aromatic heterocycles. The van der Waals surface area contributed by atoms with Gasteiger partial charge in [0.2, 0.25) is 0 Å². The molecule has 110 valence electrons. The fourth-order valence-corrected chi connectivity index (χ4v) is 3.92. The molecule has 2 fully saturated rings. The number of benzene rings is 1. The lowest BCUT2D eigenvalue weighted by molar-refractivity contribution is 0.139. The van der Waals surface area contributed by atoms with E-state index >= 15 is 0 Å². The van der Waals surface area contributed by atoms with Gasteiger partial charge in [0.05, 0.1) is 0 Å². The van der Waals surface area contributed by atoms with Gasteiger partial charge in [-0.2, -0.15) is 0 Å². The number of piperidine rings is 1. The molecule has 20 heavy (non-hydrogen) atoms. The zero-order valence-corrected chi connectivity index (χ0v) is 12.7. The van der Waals surface area contributed by atoms with Gasteiger partial charge in [0, 0.05) is 35.3 Å². The van der Waals surface area contributed by atoms with Crippen LogP contribution in [0.25, 0.3) is 0 Å². The van der Waals surface area contributed by atoms with Gasteiger partial charge in [-0.25, -0.2) is 0 Å². The van der Waals surface area contributed by atoms with Gasteiger partial charge in [0.15, 0.2) is 0 Å². The maximum atomic E-state index is 10.00. The number of aromatic hydroxyl groups is 1. The summed E-state index contributed by atoms with van der Waals surface area (Å²) in [4.78, 5) is 2.48. The summed E-state index contributed by atoms with van der Waals surface area (Å²) in [6, 6.07) is 7.33. The van der Waals surface area contributed by atoms with E-state index in [1.54, 1.807) is 12.1 Å². The van der Waals surface area contributed by atoms with E-state index in [0.717, 1.165) is 18.7 Å². The van der Waals surface area contributed by atoms with Crippen molar-refractivity contribution in [1.82, 2.24) is 10.2 Å². The second-order valence-electron chi connectivity index (χ2n) is 6.10. The summed E-state index contributed by atoms with van der Waals surface area (Å²) in [5, 5.41) is 14.4. The van der Waals surface area contributed by atoms with Crippen LogP contribution in [0.3, 0.4) is 0 Å². The van der Waals surface area contributed by atoms with Crippen molar-refractivity contribution in [2.45, 2.75) is 57.3 Å². The highest BCUT2D eigenvalue weighted by atomic mass is 35.5. The number of phenols is 1. The molecule has 3 nitrogen and oxygen atoms in total. The molecular formula is C16H23ClN2O. The van der Waals surface area contributed by atoms with Gasteiger partial charge in [-0.1, -0.05) is 18.5 Å². The number of rotatable bonds is 4. The third kappa shape index (κ3) is 2.95. The summed E-state index contributed by atoms with van der Waals surface area (Å²) in [6.07, 6.45) is 5.10. The van der Waals surface area contributed by atoms with E-state index in [4.69, 9.17) is 11.6 Å². The SMILES string of the molecule is CCN(Cc1cc(Cl)ccc1O)C1CC2CCC(C1)N2. The molecule has 0 spiro atoms. The maximum Gasteiger partial charge on any atom is 0.120 e. The van der Waals surface area contributed by atoms with Crippen LogP contribution >= 0.6 is 11.6 Å². The van der Waals surface area contributed by atoms with Crippen LogP contribution in [0.4, 0.5) is 0 Å². The number of hydrogen-bond donors (Lipinski definition) is 2. The van der Waals surface area contributed by atoms with Gasteiger partial charge >= 0.3 is 0 Å². The minimum atomic E-state index is 0.352. The lowest BCUT2D eigenvalue weighted by Gasteiger charge is -2.37. The molecule has 2 unspecified atom stereocenters. The van der Waals surface area contributed by atoms with Crippen molar-refractivity contribution in [3.63, 3.8) is 0 Å². The predicted molar refractivity (Wildman–Crippen MR) is 82.2 cm³/mol. The van der Waals surface area contributed by atoms with Gasteiger partial charge < -0.3 is 10.4 Å². The standard InChI is InChI=1S/C16H23ClN2O/c1-2-19(10-11-7-12(17)3-6-16(11)20)15-8-13-4-5-14(9-15)18-13/h3,6-7,13-15,18,20H,2,4-5,8-10H2,1H3. The third-order valence-electron chi connectivity index (χ3n) is 4.79. The molecule has 0 saturated carbocycles. The average molecular weight is 295 g/mol. The Balaban J connectivity index is 1.72. The van der Waals surface area contributed by atoms with Crippen LogP contribution in [-0.2, 0) is 6.54 Å². The van der Waals surface area contributed by atoms with Crippen molar-refractivity contribution >= 4 is 11.6 Å². The minimum absolute atomic E-state index is 0.352. The van der Waals surface area contributed by atoms with E-state index in [2.05, 4.69) is 17.1 Å². The Bertz CT molecular complexity index is 468. The van der Waals surface area contributed by atoms with E-state index in [-0.39, 0.29) is 0 Å². The Morgan fingerprint density at radius 1 is 1.30 bits per heavy atom.